The van der Waals surface area contributed by atoms with Gasteiger partial charge in [-0.05, 0) is 12.1 Å². The third-order valence-electron chi connectivity index (χ3n) is 1.56. The van der Waals surface area contributed by atoms with Crippen molar-refractivity contribution in [3.8, 4) is 12.3 Å². The third kappa shape index (κ3) is 1.04. The first-order valence-corrected chi connectivity index (χ1v) is 3.63. The second-order valence-electron chi connectivity index (χ2n) is 2.42. The predicted octanol–water partition coefficient (Wildman–Crippen LogP) is 1.06. The summed E-state index contributed by atoms with van der Waals surface area (Å²) in [5.41, 5.74) is 1.76. The van der Waals surface area contributed by atoms with Crippen molar-refractivity contribution in [2.45, 2.75) is 6.54 Å². The lowest BCUT2D eigenvalue weighted by Gasteiger charge is -1.85. The number of terminal acetylenes is 1. The second kappa shape index (κ2) is 2.67. The summed E-state index contributed by atoms with van der Waals surface area (Å²) in [6, 6.07) is 7.68. The molecule has 0 N–H and O–H groups in total. The van der Waals surface area contributed by atoms with Crippen molar-refractivity contribution in [3.63, 3.8) is 0 Å². The van der Waals surface area contributed by atoms with Gasteiger partial charge in [0, 0.05) is 0 Å². The van der Waals surface area contributed by atoms with Crippen LogP contribution in [0, 0.1) is 12.3 Å². The molecule has 0 unspecified atom stereocenters. The molecule has 0 spiro atoms. The van der Waals surface area contributed by atoms with Crippen molar-refractivity contribution < 1.29 is 0 Å². The minimum atomic E-state index is 0.425. The Kier molecular flexibility index (Phi) is 1.52. The Morgan fingerprint density at radius 2 is 1.83 bits per heavy atom. The van der Waals surface area contributed by atoms with Gasteiger partial charge in [-0.15, -0.1) is 6.42 Å². The molecule has 0 aliphatic heterocycles. The minimum absolute atomic E-state index is 0.425. The van der Waals surface area contributed by atoms with Gasteiger partial charge in [0.1, 0.15) is 17.6 Å². The van der Waals surface area contributed by atoms with Gasteiger partial charge in [-0.2, -0.15) is 15.0 Å². The van der Waals surface area contributed by atoms with Crippen LogP contribution >= 0.6 is 0 Å². The molecular weight excluding hydrogens is 150 g/mol. The normalized spacial score (nSPS) is 9.92. The SMILES string of the molecule is C#CCn1nc2ccccc2n1. The van der Waals surface area contributed by atoms with Gasteiger partial charge in [0.25, 0.3) is 0 Å². The van der Waals surface area contributed by atoms with E-state index in [1.165, 1.54) is 4.80 Å². The molecule has 12 heavy (non-hydrogen) atoms. The Morgan fingerprint density at radius 1 is 1.25 bits per heavy atom. The molecule has 2 rings (SSSR count). The van der Waals surface area contributed by atoms with Crippen LogP contribution in [0.5, 0.6) is 0 Å². The van der Waals surface area contributed by atoms with E-state index in [0.29, 0.717) is 6.54 Å². The van der Waals surface area contributed by atoms with E-state index < -0.39 is 0 Å². The molecule has 3 nitrogen and oxygen atoms in total. The summed E-state index contributed by atoms with van der Waals surface area (Å²) in [5, 5.41) is 8.33. The lowest BCUT2D eigenvalue weighted by molar-refractivity contribution is 0.622. The molecular formula is C9H7N3. The Balaban J connectivity index is 2.56. The van der Waals surface area contributed by atoms with Crippen LogP contribution in [-0.2, 0) is 6.54 Å². The van der Waals surface area contributed by atoms with Gasteiger partial charge in [-0.25, -0.2) is 0 Å². The van der Waals surface area contributed by atoms with E-state index in [-0.39, 0.29) is 0 Å². The maximum absolute atomic E-state index is 5.13. The number of rotatable bonds is 1. The van der Waals surface area contributed by atoms with E-state index in [4.69, 9.17) is 6.42 Å². The van der Waals surface area contributed by atoms with E-state index in [2.05, 4.69) is 16.1 Å². The Hall–Kier alpha value is -1.82. The zero-order chi connectivity index (χ0) is 8.39. The lowest BCUT2D eigenvalue weighted by Crippen LogP contribution is -1.98. The average Bonchev–Trinajstić information content (AvgIpc) is 2.47. The first-order valence-electron chi connectivity index (χ1n) is 3.63. The Labute approximate surface area is 70.0 Å². The fourth-order valence-corrected chi connectivity index (χ4v) is 1.06. The molecule has 2 aromatic rings. The van der Waals surface area contributed by atoms with Gasteiger partial charge in [-0.1, -0.05) is 18.1 Å². The summed E-state index contributed by atoms with van der Waals surface area (Å²) >= 11 is 0. The molecule has 0 aliphatic carbocycles. The first kappa shape index (κ1) is 6.86. The van der Waals surface area contributed by atoms with E-state index in [9.17, 15) is 0 Å². The molecule has 0 saturated heterocycles. The summed E-state index contributed by atoms with van der Waals surface area (Å²) < 4.78 is 0. The van der Waals surface area contributed by atoms with Gasteiger partial charge in [0.2, 0.25) is 0 Å². The molecule has 0 aliphatic rings. The number of hydrogen-bond donors (Lipinski definition) is 0. The van der Waals surface area contributed by atoms with E-state index >= 15 is 0 Å². The van der Waals surface area contributed by atoms with Crippen LogP contribution in [0.4, 0.5) is 0 Å². The molecule has 1 aromatic carbocycles. The van der Waals surface area contributed by atoms with Gasteiger partial charge >= 0.3 is 0 Å². The highest BCUT2D eigenvalue weighted by atomic mass is 15.5. The number of benzene rings is 1. The Bertz CT molecular complexity index is 403. The Morgan fingerprint density at radius 3 is 2.33 bits per heavy atom. The number of aromatic nitrogens is 3. The van der Waals surface area contributed by atoms with Gasteiger partial charge < -0.3 is 0 Å². The average molecular weight is 157 g/mol. The van der Waals surface area contributed by atoms with Crippen LogP contribution in [0.2, 0.25) is 0 Å². The lowest BCUT2D eigenvalue weighted by atomic mass is 10.3. The number of fused-ring (bicyclic) bond motifs is 1. The molecule has 0 saturated carbocycles. The van der Waals surface area contributed by atoms with Crippen molar-refractivity contribution in [1.29, 1.82) is 0 Å². The van der Waals surface area contributed by atoms with Crippen molar-refractivity contribution in [2.75, 3.05) is 0 Å². The van der Waals surface area contributed by atoms with Crippen LogP contribution < -0.4 is 0 Å². The molecule has 3 heteroatoms. The topological polar surface area (TPSA) is 30.7 Å². The van der Waals surface area contributed by atoms with Crippen molar-refractivity contribution in [1.82, 2.24) is 15.0 Å². The van der Waals surface area contributed by atoms with Gasteiger partial charge in [0.15, 0.2) is 0 Å². The molecule has 0 bridgehead atoms. The highest BCUT2D eigenvalue weighted by Crippen LogP contribution is 2.06. The second-order valence-corrected chi connectivity index (χ2v) is 2.42. The standard InChI is InChI=1S/C9H7N3/c1-2-7-12-10-8-5-3-4-6-9(8)11-12/h1,3-6H,7H2. The monoisotopic (exact) mass is 157 g/mol. The molecule has 0 radical (unpaired) electrons. The summed E-state index contributed by atoms with van der Waals surface area (Å²) in [6.07, 6.45) is 5.13. The molecule has 0 fully saturated rings. The first-order chi connectivity index (χ1) is 5.90. The van der Waals surface area contributed by atoms with Gasteiger partial charge in [0.05, 0.1) is 0 Å². The third-order valence-corrected chi connectivity index (χ3v) is 1.56. The van der Waals surface area contributed by atoms with Crippen molar-refractivity contribution in [3.05, 3.63) is 24.3 Å². The fraction of sp³-hybridized carbons (Fsp3) is 0.111. The van der Waals surface area contributed by atoms with Crippen LogP contribution in [-0.4, -0.2) is 15.0 Å². The van der Waals surface area contributed by atoms with Crippen LogP contribution in [0.15, 0.2) is 24.3 Å². The highest BCUT2D eigenvalue weighted by Gasteiger charge is 1.97. The molecule has 0 amide bonds. The number of nitrogens with zero attached hydrogens (tertiary/aromatic N) is 3. The van der Waals surface area contributed by atoms with Crippen LogP contribution in [0.1, 0.15) is 0 Å². The van der Waals surface area contributed by atoms with E-state index in [0.717, 1.165) is 11.0 Å². The quantitative estimate of drug-likeness (QED) is 0.579. The largest absolute Gasteiger partial charge is 0.172 e. The summed E-state index contributed by atoms with van der Waals surface area (Å²) in [7, 11) is 0. The number of hydrogen-bond acceptors (Lipinski definition) is 2. The summed E-state index contributed by atoms with van der Waals surface area (Å²) in [6.45, 7) is 0.425. The molecule has 0 atom stereocenters. The smallest absolute Gasteiger partial charge is 0.121 e. The molecule has 58 valence electrons. The summed E-state index contributed by atoms with van der Waals surface area (Å²) in [4.78, 5) is 1.52. The van der Waals surface area contributed by atoms with E-state index in [1.807, 2.05) is 24.3 Å². The maximum Gasteiger partial charge on any atom is 0.121 e. The zero-order valence-corrected chi connectivity index (χ0v) is 6.44. The molecule has 1 aromatic heterocycles. The van der Waals surface area contributed by atoms with Gasteiger partial charge in [-0.3, -0.25) is 0 Å². The highest BCUT2D eigenvalue weighted by molar-refractivity contribution is 5.72. The van der Waals surface area contributed by atoms with Crippen LogP contribution in [0.3, 0.4) is 0 Å². The summed E-state index contributed by atoms with van der Waals surface area (Å²) in [5.74, 6) is 2.48. The fourth-order valence-electron chi connectivity index (χ4n) is 1.06. The zero-order valence-electron chi connectivity index (χ0n) is 6.44. The van der Waals surface area contributed by atoms with Crippen molar-refractivity contribution >= 4 is 11.0 Å². The van der Waals surface area contributed by atoms with Crippen LogP contribution in [0.25, 0.3) is 11.0 Å². The maximum atomic E-state index is 5.13. The minimum Gasteiger partial charge on any atom is -0.172 e. The van der Waals surface area contributed by atoms with Crippen molar-refractivity contribution in [2.24, 2.45) is 0 Å². The molecule has 1 heterocycles. The predicted molar refractivity (Wildman–Crippen MR) is 46.4 cm³/mol. The van der Waals surface area contributed by atoms with E-state index in [1.54, 1.807) is 0 Å².